The molecule has 0 bridgehead atoms. The molecule has 0 atom stereocenters. The number of carbonyl (C=O) groups is 1. The van der Waals surface area contributed by atoms with Crippen molar-refractivity contribution in [3.63, 3.8) is 0 Å². The summed E-state index contributed by atoms with van der Waals surface area (Å²) in [6.45, 7) is 2.44. The number of amides is 1. The van der Waals surface area contributed by atoms with E-state index in [1.54, 1.807) is 24.4 Å². The molecule has 25 heavy (non-hydrogen) atoms. The topological polar surface area (TPSA) is 64.1 Å². The van der Waals surface area contributed by atoms with E-state index in [1.165, 1.54) is 18.0 Å². The van der Waals surface area contributed by atoms with E-state index in [4.69, 9.17) is 16.3 Å². The Morgan fingerprint density at radius 3 is 2.76 bits per heavy atom. The molecule has 1 amide bonds. The minimum Gasteiger partial charge on any atom is -0.436 e. The number of hydrogen-bond acceptors (Lipinski definition) is 4. The van der Waals surface area contributed by atoms with Crippen LogP contribution in [0.3, 0.4) is 0 Å². The van der Waals surface area contributed by atoms with Crippen molar-refractivity contribution in [1.82, 2.24) is 15.3 Å². The van der Waals surface area contributed by atoms with Gasteiger partial charge in [-0.15, -0.1) is 0 Å². The molecule has 0 aliphatic rings. The molecule has 1 N–H and O–H groups in total. The molecule has 0 spiro atoms. The number of pyridine rings is 2. The number of aryl methyl sites for hydroxylation is 1. The van der Waals surface area contributed by atoms with Gasteiger partial charge in [0.05, 0.1) is 11.2 Å². The van der Waals surface area contributed by atoms with E-state index in [1.807, 2.05) is 31.2 Å². The van der Waals surface area contributed by atoms with Crippen molar-refractivity contribution >= 4 is 17.5 Å². The number of nitrogens with one attached hydrogen (secondary N) is 1. The highest BCUT2D eigenvalue weighted by molar-refractivity contribution is 6.30. The molecule has 6 heteroatoms. The van der Waals surface area contributed by atoms with Gasteiger partial charge in [0.25, 0.3) is 5.91 Å². The van der Waals surface area contributed by atoms with Crippen molar-refractivity contribution in [3.8, 4) is 11.6 Å². The van der Waals surface area contributed by atoms with Gasteiger partial charge in [0, 0.05) is 25.0 Å². The maximum absolute atomic E-state index is 12.5. The van der Waals surface area contributed by atoms with E-state index >= 15 is 0 Å². The highest BCUT2D eigenvalue weighted by atomic mass is 35.5. The second kappa shape index (κ2) is 7.77. The maximum atomic E-state index is 12.5. The number of rotatable bonds is 5. The maximum Gasteiger partial charge on any atom is 0.257 e. The van der Waals surface area contributed by atoms with E-state index in [0.717, 1.165) is 5.56 Å². The number of halogens is 1. The van der Waals surface area contributed by atoms with Crippen LogP contribution < -0.4 is 10.1 Å². The van der Waals surface area contributed by atoms with Crippen molar-refractivity contribution in [2.75, 3.05) is 0 Å². The Hall–Kier alpha value is -2.92. The summed E-state index contributed by atoms with van der Waals surface area (Å²) >= 11 is 5.90. The van der Waals surface area contributed by atoms with Gasteiger partial charge in [-0.05, 0) is 24.6 Å². The van der Waals surface area contributed by atoms with E-state index in [2.05, 4.69) is 15.3 Å². The lowest BCUT2D eigenvalue weighted by atomic mass is 10.1. The molecule has 0 fully saturated rings. The van der Waals surface area contributed by atoms with Crippen LogP contribution in [-0.4, -0.2) is 15.9 Å². The average molecular weight is 354 g/mol. The third-order valence-electron chi connectivity index (χ3n) is 3.48. The van der Waals surface area contributed by atoms with Gasteiger partial charge < -0.3 is 10.1 Å². The molecule has 0 saturated heterocycles. The Bertz CT molecular complexity index is 882. The van der Waals surface area contributed by atoms with Crippen molar-refractivity contribution < 1.29 is 9.53 Å². The van der Waals surface area contributed by atoms with Gasteiger partial charge in [-0.2, -0.15) is 0 Å². The summed E-state index contributed by atoms with van der Waals surface area (Å²) in [7, 11) is 0. The summed E-state index contributed by atoms with van der Waals surface area (Å²) in [5, 5.41) is 3.31. The Morgan fingerprint density at radius 2 is 2.00 bits per heavy atom. The Kier molecular flexibility index (Phi) is 5.26. The smallest absolute Gasteiger partial charge is 0.257 e. The standard InChI is InChI=1S/C19H16ClN3O2/c1-13-4-6-14(7-5-13)10-23-18(24)17-3-2-8-22-19(17)25-16-9-15(20)11-21-12-16/h2-9,11-12H,10H2,1H3,(H,23,24). The SMILES string of the molecule is Cc1ccc(CNC(=O)c2cccnc2Oc2cncc(Cl)c2)cc1. The van der Waals surface area contributed by atoms with Gasteiger partial charge in [0.1, 0.15) is 11.3 Å². The fourth-order valence-electron chi connectivity index (χ4n) is 2.19. The number of nitrogens with zero attached hydrogens (tertiary/aromatic N) is 2. The Morgan fingerprint density at radius 1 is 1.20 bits per heavy atom. The van der Waals surface area contributed by atoms with Gasteiger partial charge in [-0.25, -0.2) is 4.98 Å². The molecule has 0 saturated carbocycles. The number of ether oxygens (including phenoxy) is 1. The predicted molar refractivity (Wildman–Crippen MR) is 95.9 cm³/mol. The first-order valence-electron chi connectivity index (χ1n) is 7.69. The Labute approximate surface area is 150 Å². The first-order valence-corrected chi connectivity index (χ1v) is 8.07. The number of aromatic nitrogens is 2. The Balaban J connectivity index is 1.73. The molecular formula is C19H16ClN3O2. The zero-order valence-electron chi connectivity index (χ0n) is 13.6. The molecule has 5 nitrogen and oxygen atoms in total. The molecular weight excluding hydrogens is 338 g/mol. The van der Waals surface area contributed by atoms with Crippen LogP contribution in [0, 0.1) is 6.92 Å². The van der Waals surface area contributed by atoms with Crippen LogP contribution in [0.25, 0.3) is 0 Å². The second-order valence-corrected chi connectivity index (χ2v) is 5.90. The summed E-state index contributed by atoms with van der Waals surface area (Å²) in [5.41, 5.74) is 2.53. The first-order chi connectivity index (χ1) is 12.1. The first kappa shape index (κ1) is 16.9. The van der Waals surface area contributed by atoms with Crippen molar-refractivity contribution in [1.29, 1.82) is 0 Å². The predicted octanol–water partition coefficient (Wildman–Crippen LogP) is 4.16. The zero-order chi connectivity index (χ0) is 17.6. The van der Waals surface area contributed by atoms with Gasteiger partial charge in [-0.3, -0.25) is 9.78 Å². The van der Waals surface area contributed by atoms with Crippen molar-refractivity contribution in [2.45, 2.75) is 13.5 Å². The molecule has 3 rings (SSSR count). The van der Waals surface area contributed by atoms with Crippen LogP contribution in [-0.2, 0) is 6.54 Å². The van der Waals surface area contributed by atoms with Crippen LogP contribution >= 0.6 is 11.6 Å². The summed E-state index contributed by atoms with van der Waals surface area (Å²) < 4.78 is 5.66. The highest BCUT2D eigenvalue weighted by Gasteiger charge is 2.14. The summed E-state index contributed by atoms with van der Waals surface area (Å²) in [6, 6.07) is 12.9. The molecule has 2 heterocycles. The van der Waals surface area contributed by atoms with E-state index in [-0.39, 0.29) is 11.8 Å². The van der Waals surface area contributed by atoms with Crippen LogP contribution in [0.5, 0.6) is 11.6 Å². The lowest BCUT2D eigenvalue weighted by molar-refractivity contribution is 0.0948. The number of benzene rings is 1. The van der Waals surface area contributed by atoms with Crippen LogP contribution in [0.1, 0.15) is 21.5 Å². The number of carbonyl (C=O) groups excluding carboxylic acids is 1. The molecule has 3 aromatic rings. The monoisotopic (exact) mass is 353 g/mol. The summed E-state index contributed by atoms with van der Waals surface area (Å²) in [4.78, 5) is 20.6. The van der Waals surface area contributed by atoms with Crippen molar-refractivity contribution in [3.05, 3.63) is 82.8 Å². The van der Waals surface area contributed by atoms with Gasteiger partial charge in [-0.1, -0.05) is 41.4 Å². The van der Waals surface area contributed by atoms with Crippen molar-refractivity contribution in [2.24, 2.45) is 0 Å². The van der Waals surface area contributed by atoms with Crippen LogP contribution in [0.15, 0.2) is 61.1 Å². The molecule has 0 radical (unpaired) electrons. The molecule has 1 aromatic carbocycles. The highest BCUT2D eigenvalue weighted by Crippen LogP contribution is 2.24. The third kappa shape index (κ3) is 4.55. The van der Waals surface area contributed by atoms with Crippen LogP contribution in [0.4, 0.5) is 0 Å². The number of hydrogen-bond donors (Lipinski definition) is 1. The quantitative estimate of drug-likeness (QED) is 0.748. The lowest BCUT2D eigenvalue weighted by Crippen LogP contribution is -2.23. The van der Waals surface area contributed by atoms with Gasteiger partial charge >= 0.3 is 0 Å². The normalized spacial score (nSPS) is 10.3. The zero-order valence-corrected chi connectivity index (χ0v) is 14.3. The molecule has 2 aromatic heterocycles. The minimum absolute atomic E-state index is 0.202. The molecule has 126 valence electrons. The molecule has 0 unspecified atom stereocenters. The molecule has 0 aliphatic carbocycles. The fourth-order valence-corrected chi connectivity index (χ4v) is 2.35. The lowest BCUT2D eigenvalue weighted by Gasteiger charge is -2.10. The summed E-state index contributed by atoms with van der Waals surface area (Å²) in [5.74, 6) is 0.352. The molecule has 0 aliphatic heterocycles. The minimum atomic E-state index is -0.265. The second-order valence-electron chi connectivity index (χ2n) is 5.47. The van der Waals surface area contributed by atoms with E-state index in [9.17, 15) is 4.79 Å². The summed E-state index contributed by atoms with van der Waals surface area (Å²) in [6.07, 6.45) is 4.57. The van der Waals surface area contributed by atoms with Crippen LogP contribution in [0.2, 0.25) is 5.02 Å². The van der Waals surface area contributed by atoms with E-state index in [0.29, 0.717) is 22.9 Å². The van der Waals surface area contributed by atoms with Gasteiger partial charge in [0.15, 0.2) is 0 Å². The fraction of sp³-hybridized carbons (Fsp3) is 0.105. The van der Waals surface area contributed by atoms with Gasteiger partial charge in [0.2, 0.25) is 5.88 Å². The average Bonchev–Trinajstić information content (AvgIpc) is 2.61. The largest absolute Gasteiger partial charge is 0.436 e. The van der Waals surface area contributed by atoms with E-state index < -0.39 is 0 Å². The third-order valence-corrected chi connectivity index (χ3v) is 3.69.